The van der Waals surface area contributed by atoms with Crippen LogP contribution in [0.15, 0.2) is 41.3 Å². The predicted molar refractivity (Wildman–Crippen MR) is 94.4 cm³/mol. The van der Waals surface area contributed by atoms with Crippen LogP contribution in [0.2, 0.25) is 10.0 Å². The molecule has 2 amide bonds. The van der Waals surface area contributed by atoms with Crippen molar-refractivity contribution in [1.29, 1.82) is 0 Å². The molecular formula is C17H12Cl2FNO2S. The zero-order valence-electron chi connectivity index (χ0n) is 12.6. The second kappa shape index (κ2) is 6.75. The van der Waals surface area contributed by atoms with E-state index >= 15 is 0 Å². The number of carbonyl (C=O) groups is 2. The number of benzene rings is 2. The van der Waals surface area contributed by atoms with Gasteiger partial charge in [0.25, 0.3) is 0 Å². The SMILES string of the molecule is Cc1cc(SC2CC(=O)N(c3ccc(F)cc3)C2=O)c(Cl)cc1Cl. The number of aryl methyl sites for hydroxylation is 1. The van der Waals surface area contributed by atoms with Gasteiger partial charge in [0.05, 0.1) is 16.0 Å². The van der Waals surface area contributed by atoms with Gasteiger partial charge < -0.3 is 0 Å². The van der Waals surface area contributed by atoms with E-state index in [1.165, 1.54) is 36.0 Å². The Morgan fingerprint density at radius 3 is 2.46 bits per heavy atom. The number of anilines is 1. The average Bonchev–Trinajstić information content (AvgIpc) is 2.80. The van der Waals surface area contributed by atoms with E-state index in [2.05, 4.69) is 0 Å². The number of hydrogen-bond donors (Lipinski definition) is 0. The summed E-state index contributed by atoms with van der Waals surface area (Å²) in [5, 5.41) is 0.419. The Morgan fingerprint density at radius 2 is 1.79 bits per heavy atom. The molecule has 1 fully saturated rings. The van der Waals surface area contributed by atoms with Crippen molar-refractivity contribution in [3.8, 4) is 0 Å². The largest absolute Gasteiger partial charge is 0.274 e. The minimum atomic E-state index is -0.569. The molecule has 0 aromatic heterocycles. The van der Waals surface area contributed by atoms with Crippen LogP contribution in [0.3, 0.4) is 0 Å². The monoisotopic (exact) mass is 383 g/mol. The fourth-order valence-corrected chi connectivity index (χ4v) is 4.10. The van der Waals surface area contributed by atoms with E-state index in [0.717, 1.165) is 10.5 Å². The van der Waals surface area contributed by atoms with E-state index in [1.54, 1.807) is 12.1 Å². The Kier molecular flexibility index (Phi) is 4.85. The molecule has 1 atom stereocenters. The van der Waals surface area contributed by atoms with E-state index in [1.807, 2.05) is 6.92 Å². The van der Waals surface area contributed by atoms with Crippen molar-refractivity contribution in [2.75, 3.05) is 4.90 Å². The van der Waals surface area contributed by atoms with Crippen LogP contribution in [0, 0.1) is 12.7 Å². The van der Waals surface area contributed by atoms with Gasteiger partial charge in [-0.15, -0.1) is 11.8 Å². The quantitative estimate of drug-likeness (QED) is 0.709. The lowest BCUT2D eigenvalue weighted by molar-refractivity contribution is -0.121. The molecule has 0 aliphatic carbocycles. The molecule has 3 nitrogen and oxygen atoms in total. The minimum Gasteiger partial charge on any atom is -0.274 e. The van der Waals surface area contributed by atoms with Gasteiger partial charge in [0.15, 0.2) is 0 Å². The molecule has 1 heterocycles. The number of carbonyl (C=O) groups excluding carboxylic acids is 2. The van der Waals surface area contributed by atoms with Crippen molar-refractivity contribution >= 4 is 52.5 Å². The number of amides is 2. The molecule has 1 unspecified atom stereocenters. The van der Waals surface area contributed by atoms with Gasteiger partial charge >= 0.3 is 0 Å². The first-order valence-corrected chi connectivity index (χ1v) is 8.75. The van der Waals surface area contributed by atoms with Crippen LogP contribution < -0.4 is 4.90 Å². The van der Waals surface area contributed by atoms with Gasteiger partial charge in [-0.05, 0) is 48.9 Å². The van der Waals surface area contributed by atoms with E-state index in [4.69, 9.17) is 23.2 Å². The van der Waals surface area contributed by atoms with E-state index < -0.39 is 11.1 Å². The highest BCUT2D eigenvalue weighted by Gasteiger charge is 2.40. The van der Waals surface area contributed by atoms with Crippen LogP contribution in [0.1, 0.15) is 12.0 Å². The number of nitrogens with zero attached hydrogens (tertiary/aromatic N) is 1. The summed E-state index contributed by atoms with van der Waals surface area (Å²) >= 11 is 13.4. The van der Waals surface area contributed by atoms with Crippen molar-refractivity contribution < 1.29 is 14.0 Å². The Balaban J connectivity index is 1.84. The first-order chi connectivity index (χ1) is 11.4. The predicted octanol–water partition coefficient (Wildman–Crippen LogP) is 4.87. The molecule has 124 valence electrons. The van der Waals surface area contributed by atoms with Crippen LogP contribution in [0.5, 0.6) is 0 Å². The zero-order valence-corrected chi connectivity index (χ0v) is 14.9. The second-order valence-corrected chi connectivity index (χ2v) is 7.45. The molecule has 1 aliphatic heterocycles. The maximum absolute atomic E-state index is 13.0. The molecule has 24 heavy (non-hydrogen) atoms. The Hall–Kier alpha value is -1.56. The van der Waals surface area contributed by atoms with Crippen molar-refractivity contribution in [1.82, 2.24) is 0 Å². The third-order valence-corrected chi connectivity index (χ3v) is 5.75. The molecule has 0 spiro atoms. The van der Waals surface area contributed by atoms with E-state index in [9.17, 15) is 14.0 Å². The maximum Gasteiger partial charge on any atom is 0.247 e. The number of thioether (sulfide) groups is 1. The standard InChI is InChI=1S/C17H12Cl2FNO2S/c1-9-6-14(13(19)7-12(9)18)24-15-8-16(22)21(17(15)23)11-4-2-10(20)3-5-11/h2-7,15H,8H2,1H3. The lowest BCUT2D eigenvalue weighted by Crippen LogP contribution is -2.31. The molecule has 1 aliphatic rings. The topological polar surface area (TPSA) is 37.4 Å². The van der Waals surface area contributed by atoms with Gasteiger partial charge in [0.2, 0.25) is 11.8 Å². The van der Waals surface area contributed by atoms with Crippen molar-refractivity contribution in [3.63, 3.8) is 0 Å². The number of hydrogen-bond acceptors (Lipinski definition) is 3. The molecule has 0 bridgehead atoms. The van der Waals surface area contributed by atoms with Crippen LogP contribution in [0.4, 0.5) is 10.1 Å². The van der Waals surface area contributed by atoms with Crippen molar-refractivity contribution in [2.24, 2.45) is 0 Å². The fraction of sp³-hybridized carbons (Fsp3) is 0.176. The number of rotatable bonds is 3. The first kappa shape index (κ1) is 17.3. The molecule has 0 radical (unpaired) electrons. The van der Waals surface area contributed by atoms with E-state index in [0.29, 0.717) is 20.6 Å². The van der Waals surface area contributed by atoms with Gasteiger partial charge in [-0.2, -0.15) is 0 Å². The summed E-state index contributed by atoms with van der Waals surface area (Å²) < 4.78 is 13.0. The summed E-state index contributed by atoms with van der Waals surface area (Å²) in [6.07, 6.45) is 0.0683. The van der Waals surface area contributed by atoms with Gasteiger partial charge in [-0.1, -0.05) is 23.2 Å². The molecular weight excluding hydrogens is 372 g/mol. The highest BCUT2D eigenvalue weighted by Crippen LogP contribution is 2.39. The summed E-state index contributed by atoms with van der Waals surface area (Å²) in [7, 11) is 0. The number of imide groups is 1. The van der Waals surface area contributed by atoms with Gasteiger partial charge in [0.1, 0.15) is 5.82 Å². The molecule has 2 aromatic carbocycles. The lowest BCUT2D eigenvalue weighted by atomic mass is 10.2. The third-order valence-electron chi connectivity index (χ3n) is 3.67. The number of halogens is 3. The van der Waals surface area contributed by atoms with Gasteiger partial charge in [-0.25, -0.2) is 9.29 Å². The van der Waals surface area contributed by atoms with Crippen molar-refractivity contribution in [3.05, 3.63) is 57.8 Å². The second-order valence-electron chi connectivity index (χ2n) is 5.39. The zero-order chi connectivity index (χ0) is 17.4. The molecule has 1 saturated heterocycles. The summed E-state index contributed by atoms with van der Waals surface area (Å²) in [6.45, 7) is 1.84. The molecule has 3 rings (SSSR count). The molecule has 2 aromatic rings. The minimum absolute atomic E-state index is 0.0683. The summed E-state index contributed by atoms with van der Waals surface area (Å²) in [4.78, 5) is 26.6. The van der Waals surface area contributed by atoms with Gasteiger partial charge in [-0.3, -0.25) is 9.59 Å². The lowest BCUT2D eigenvalue weighted by Gasteiger charge is -2.15. The maximum atomic E-state index is 13.0. The van der Waals surface area contributed by atoms with Crippen LogP contribution in [-0.4, -0.2) is 17.1 Å². The Bertz CT molecular complexity index is 826. The fourth-order valence-electron chi connectivity index (χ4n) is 2.43. The Labute approximate surface area is 152 Å². The normalized spacial score (nSPS) is 17.7. The van der Waals surface area contributed by atoms with Crippen LogP contribution in [0.25, 0.3) is 0 Å². The van der Waals surface area contributed by atoms with E-state index in [-0.39, 0.29) is 18.2 Å². The molecule has 0 saturated carbocycles. The smallest absolute Gasteiger partial charge is 0.247 e. The summed E-state index contributed by atoms with van der Waals surface area (Å²) in [5.41, 5.74) is 1.21. The van der Waals surface area contributed by atoms with Crippen LogP contribution in [-0.2, 0) is 9.59 Å². The summed E-state index contributed by atoms with van der Waals surface area (Å²) in [5.74, 6) is -1.07. The van der Waals surface area contributed by atoms with Gasteiger partial charge in [0, 0.05) is 16.3 Å². The average molecular weight is 384 g/mol. The summed E-state index contributed by atoms with van der Waals surface area (Å²) in [6, 6.07) is 8.69. The molecule has 0 N–H and O–H groups in total. The first-order valence-electron chi connectivity index (χ1n) is 7.11. The molecule has 7 heteroatoms. The third kappa shape index (κ3) is 3.29. The van der Waals surface area contributed by atoms with Crippen molar-refractivity contribution in [2.45, 2.75) is 23.5 Å². The van der Waals surface area contributed by atoms with Crippen LogP contribution >= 0.6 is 35.0 Å². The highest BCUT2D eigenvalue weighted by atomic mass is 35.5. The Morgan fingerprint density at radius 1 is 1.12 bits per heavy atom. The highest BCUT2D eigenvalue weighted by molar-refractivity contribution is 8.00.